The van der Waals surface area contributed by atoms with Crippen molar-refractivity contribution in [3.05, 3.63) is 22.4 Å². The van der Waals surface area contributed by atoms with Gasteiger partial charge in [-0.2, -0.15) is 0 Å². The van der Waals surface area contributed by atoms with Gasteiger partial charge in [-0.05, 0) is 34.5 Å². The number of halogens is 2. The molecule has 0 spiro atoms. The van der Waals surface area contributed by atoms with Gasteiger partial charge in [-0.15, -0.1) is 11.6 Å². The fourth-order valence-electron chi connectivity index (χ4n) is 0.946. The molecule has 0 aromatic carbocycles. The summed E-state index contributed by atoms with van der Waals surface area (Å²) in [5.74, 6) is -0.0397. The zero-order valence-electron chi connectivity index (χ0n) is 8.00. The van der Waals surface area contributed by atoms with Gasteiger partial charge in [0.25, 0.3) is 0 Å². The first-order valence-electron chi connectivity index (χ1n) is 4.13. The lowest BCUT2D eigenvalue weighted by Gasteiger charge is -2.07. The van der Waals surface area contributed by atoms with Crippen LogP contribution in [0.25, 0.3) is 0 Å². The van der Waals surface area contributed by atoms with Crippen molar-refractivity contribution in [1.29, 1.82) is 0 Å². The molecule has 0 fully saturated rings. The van der Waals surface area contributed by atoms with Gasteiger partial charge >= 0.3 is 0 Å². The van der Waals surface area contributed by atoms with E-state index in [2.05, 4.69) is 25.6 Å². The van der Waals surface area contributed by atoms with E-state index in [9.17, 15) is 8.42 Å². The van der Waals surface area contributed by atoms with Crippen molar-refractivity contribution in [3.63, 3.8) is 0 Å². The van der Waals surface area contributed by atoms with Crippen molar-refractivity contribution < 1.29 is 8.42 Å². The van der Waals surface area contributed by atoms with Crippen molar-refractivity contribution in [3.8, 4) is 0 Å². The summed E-state index contributed by atoms with van der Waals surface area (Å²) in [5, 5.41) is 0. The standard InChI is InChI=1S/C8H10BrClN2O2S/c1-6-4-7(5-11-8(6)9)12-15(13,14)3-2-10/h4-5,12H,2-3H2,1H3. The van der Waals surface area contributed by atoms with E-state index in [1.807, 2.05) is 6.92 Å². The molecule has 0 aliphatic rings. The van der Waals surface area contributed by atoms with E-state index < -0.39 is 10.0 Å². The lowest BCUT2D eigenvalue weighted by atomic mass is 10.3. The third-order valence-electron chi connectivity index (χ3n) is 1.63. The van der Waals surface area contributed by atoms with Gasteiger partial charge in [-0.25, -0.2) is 13.4 Å². The molecule has 15 heavy (non-hydrogen) atoms. The van der Waals surface area contributed by atoms with Crippen molar-refractivity contribution in [2.75, 3.05) is 16.4 Å². The molecule has 0 aliphatic heterocycles. The Hall–Kier alpha value is -0.330. The summed E-state index contributed by atoms with van der Waals surface area (Å²) in [6, 6.07) is 1.70. The molecule has 0 radical (unpaired) electrons. The normalized spacial score (nSPS) is 11.4. The number of hydrogen-bond donors (Lipinski definition) is 1. The van der Waals surface area contributed by atoms with Crippen LogP contribution in [-0.2, 0) is 10.0 Å². The molecule has 0 saturated carbocycles. The van der Waals surface area contributed by atoms with Crippen LogP contribution in [-0.4, -0.2) is 25.0 Å². The molecule has 0 unspecified atom stereocenters. The summed E-state index contributed by atoms with van der Waals surface area (Å²) < 4.78 is 25.8. The molecular weight excluding hydrogens is 304 g/mol. The summed E-state index contributed by atoms with van der Waals surface area (Å²) in [6.07, 6.45) is 1.45. The molecule has 84 valence electrons. The fourth-order valence-corrected chi connectivity index (χ4v) is 2.55. The molecule has 7 heteroatoms. The molecule has 0 atom stereocenters. The van der Waals surface area contributed by atoms with E-state index in [4.69, 9.17) is 11.6 Å². The molecule has 0 aliphatic carbocycles. The largest absolute Gasteiger partial charge is 0.282 e. The van der Waals surface area contributed by atoms with Gasteiger partial charge in [0.05, 0.1) is 17.6 Å². The predicted molar refractivity (Wildman–Crippen MR) is 64.8 cm³/mol. The van der Waals surface area contributed by atoms with Crippen LogP contribution in [0.5, 0.6) is 0 Å². The first-order chi connectivity index (χ1) is 6.94. The highest BCUT2D eigenvalue weighted by atomic mass is 79.9. The van der Waals surface area contributed by atoms with Crippen LogP contribution in [0.1, 0.15) is 5.56 Å². The number of sulfonamides is 1. The summed E-state index contributed by atoms with van der Waals surface area (Å²) in [6.45, 7) is 1.83. The Bertz CT molecular complexity index is 450. The second-order valence-electron chi connectivity index (χ2n) is 2.94. The Labute approximate surface area is 102 Å². The number of rotatable bonds is 4. The quantitative estimate of drug-likeness (QED) is 0.684. The second-order valence-corrected chi connectivity index (χ2v) is 5.91. The topological polar surface area (TPSA) is 59.1 Å². The van der Waals surface area contributed by atoms with Gasteiger partial charge < -0.3 is 0 Å². The van der Waals surface area contributed by atoms with Crippen LogP contribution in [0.2, 0.25) is 0 Å². The van der Waals surface area contributed by atoms with Gasteiger partial charge in [-0.1, -0.05) is 0 Å². The number of nitrogens with zero attached hydrogens (tertiary/aromatic N) is 1. The van der Waals surface area contributed by atoms with Gasteiger partial charge in [-0.3, -0.25) is 4.72 Å². The Kier molecular flexibility index (Phi) is 4.36. The average Bonchev–Trinajstić information content (AvgIpc) is 2.10. The number of alkyl halides is 1. The first kappa shape index (κ1) is 12.7. The number of aromatic nitrogens is 1. The molecule has 1 aromatic rings. The van der Waals surface area contributed by atoms with Crippen molar-refractivity contribution in [2.45, 2.75) is 6.92 Å². The van der Waals surface area contributed by atoms with Crippen molar-refractivity contribution >= 4 is 43.2 Å². The first-order valence-corrected chi connectivity index (χ1v) is 7.11. The molecule has 0 amide bonds. The average molecular weight is 314 g/mol. The molecule has 0 bridgehead atoms. The van der Waals surface area contributed by atoms with E-state index in [1.54, 1.807) is 6.07 Å². The van der Waals surface area contributed by atoms with Crippen LogP contribution in [0.15, 0.2) is 16.9 Å². The van der Waals surface area contributed by atoms with E-state index in [1.165, 1.54) is 6.20 Å². The highest BCUT2D eigenvalue weighted by Gasteiger charge is 2.09. The number of anilines is 1. The van der Waals surface area contributed by atoms with Gasteiger partial charge in [0.15, 0.2) is 0 Å². The molecular formula is C8H10BrClN2O2S. The summed E-state index contributed by atoms with van der Waals surface area (Å²) in [4.78, 5) is 3.98. The molecule has 4 nitrogen and oxygen atoms in total. The minimum atomic E-state index is -3.35. The Morgan fingerprint density at radius 3 is 2.80 bits per heavy atom. The summed E-state index contributed by atoms with van der Waals surface area (Å²) in [7, 11) is -3.35. The van der Waals surface area contributed by atoms with Crippen molar-refractivity contribution in [1.82, 2.24) is 4.98 Å². The van der Waals surface area contributed by atoms with E-state index >= 15 is 0 Å². The van der Waals surface area contributed by atoms with E-state index in [-0.39, 0.29) is 11.6 Å². The third-order valence-corrected chi connectivity index (χ3v) is 4.17. The smallest absolute Gasteiger partial charge is 0.233 e. The number of nitrogens with one attached hydrogen (secondary N) is 1. The predicted octanol–water partition coefficient (Wildman–Crippen LogP) is 2.13. The molecule has 1 aromatic heterocycles. The summed E-state index contributed by atoms with van der Waals surface area (Å²) in [5.41, 5.74) is 1.31. The van der Waals surface area contributed by atoms with Gasteiger partial charge in [0, 0.05) is 5.88 Å². The van der Waals surface area contributed by atoms with Crippen LogP contribution in [0.3, 0.4) is 0 Å². The SMILES string of the molecule is Cc1cc(NS(=O)(=O)CCCl)cnc1Br. The van der Waals surface area contributed by atoms with Crippen LogP contribution >= 0.6 is 27.5 Å². The highest BCUT2D eigenvalue weighted by Crippen LogP contribution is 2.17. The van der Waals surface area contributed by atoms with Crippen molar-refractivity contribution in [2.24, 2.45) is 0 Å². The molecule has 1 rings (SSSR count). The maximum atomic E-state index is 11.4. The molecule has 1 N–H and O–H groups in total. The maximum absolute atomic E-state index is 11.4. The third kappa shape index (κ3) is 3.96. The molecule has 0 saturated heterocycles. The van der Waals surface area contributed by atoms with Crippen LogP contribution in [0.4, 0.5) is 5.69 Å². The Morgan fingerprint density at radius 1 is 1.60 bits per heavy atom. The monoisotopic (exact) mass is 312 g/mol. The fraction of sp³-hybridized carbons (Fsp3) is 0.375. The number of hydrogen-bond acceptors (Lipinski definition) is 3. The summed E-state index contributed by atoms with van der Waals surface area (Å²) >= 11 is 8.60. The highest BCUT2D eigenvalue weighted by molar-refractivity contribution is 9.10. The zero-order chi connectivity index (χ0) is 11.5. The minimum Gasteiger partial charge on any atom is -0.282 e. The second kappa shape index (κ2) is 5.14. The van der Waals surface area contributed by atoms with Gasteiger partial charge in [0.1, 0.15) is 4.60 Å². The van der Waals surface area contributed by atoms with E-state index in [0.29, 0.717) is 10.3 Å². The van der Waals surface area contributed by atoms with Gasteiger partial charge in [0.2, 0.25) is 10.0 Å². The van der Waals surface area contributed by atoms with Crippen LogP contribution in [0, 0.1) is 6.92 Å². The van der Waals surface area contributed by atoms with E-state index in [0.717, 1.165) is 5.56 Å². The Morgan fingerprint density at radius 2 is 2.27 bits per heavy atom. The molecule has 1 heterocycles. The zero-order valence-corrected chi connectivity index (χ0v) is 11.2. The number of pyridine rings is 1. The maximum Gasteiger partial charge on any atom is 0.233 e. The minimum absolute atomic E-state index is 0.0677. The van der Waals surface area contributed by atoms with Crippen LogP contribution < -0.4 is 4.72 Å². The lowest BCUT2D eigenvalue weighted by molar-refractivity contribution is 0.602. The number of aryl methyl sites for hydroxylation is 1. The Balaban J connectivity index is 2.86. The lowest BCUT2D eigenvalue weighted by Crippen LogP contribution is -2.17.